The van der Waals surface area contributed by atoms with Crippen LogP contribution in [0.25, 0.3) is 21.6 Å². The van der Waals surface area contributed by atoms with Crippen LogP contribution in [0.15, 0.2) is 56.3 Å². The number of carbonyl (C=O) groups excluding carboxylic acids is 1. The first-order valence-electron chi connectivity index (χ1n) is 8.95. The van der Waals surface area contributed by atoms with Gasteiger partial charge in [0.15, 0.2) is 4.34 Å². The van der Waals surface area contributed by atoms with Gasteiger partial charge >= 0.3 is 0 Å². The molecule has 0 spiro atoms. The highest BCUT2D eigenvalue weighted by Crippen LogP contribution is 2.31. The Balaban J connectivity index is 1.17. The second kappa shape index (κ2) is 7.45. The van der Waals surface area contributed by atoms with Gasteiger partial charge in [-0.3, -0.25) is 9.59 Å². The number of H-pyrrole nitrogens is 1. The molecule has 1 aliphatic rings. The van der Waals surface area contributed by atoms with E-state index < -0.39 is 0 Å². The Morgan fingerprint density at radius 2 is 2.10 bits per heavy atom. The van der Waals surface area contributed by atoms with Crippen molar-refractivity contribution in [1.82, 2.24) is 25.0 Å². The molecule has 146 valence electrons. The Labute approximate surface area is 173 Å². The van der Waals surface area contributed by atoms with Gasteiger partial charge in [-0.1, -0.05) is 29.1 Å². The van der Waals surface area contributed by atoms with Crippen LogP contribution < -0.4 is 5.56 Å². The highest BCUT2D eigenvalue weighted by molar-refractivity contribution is 8.01. The highest BCUT2D eigenvalue weighted by Gasteiger charge is 2.35. The number of thiazole rings is 1. The molecule has 4 heterocycles. The largest absolute Gasteiger partial charge is 0.340 e. The molecule has 1 aromatic carbocycles. The number of pyridine rings is 1. The minimum atomic E-state index is -0.267. The van der Waals surface area contributed by atoms with Crippen LogP contribution in [0.2, 0.25) is 0 Å². The molecule has 4 aromatic rings. The van der Waals surface area contributed by atoms with Crippen LogP contribution in [-0.4, -0.2) is 49.8 Å². The first kappa shape index (κ1) is 18.1. The van der Waals surface area contributed by atoms with Crippen LogP contribution in [0.1, 0.15) is 11.8 Å². The molecule has 0 unspecified atom stereocenters. The van der Waals surface area contributed by atoms with E-state index in [0.29, 0.717) is 30.3 Å². The van der Waals surface area contributed by atoms with Gasteiger partial charge in [0, 0.05) is 19.3 Å². The van der Waals surface area contributed by atoms with E-state index in [2.05, 4.69) is 20.1 Å². The molecule has 1 fully saturated rings. The number of nitrogens with zero attached hydrogens (tertiary/aromatic N) is 4. The number of likely N-dealkylation sites (tertiary alicyclic amines) is 1. The summed E-state index contributed by atoms with van der Waals surface area (Å²) in [7, 11) is 0. The van der Waals surface area contributed by atoms with Crippen molar-refractivity contribution < 1.29 is 9.32 Å². The first-order chi connectivity index (χ1) is 14.2. The number of aromatic nitrogens is 4. The number of thioether (sulfide) groups is 1. The average Bonchev–Trinajstić information content (AvgIpc) is 3.32. The zero-order valence-corrected chi connectivity index (χ0v) is 16.7. The van der Waals surface area contributed by atoms with Crippen molar-refractivity contribution in [2.75, 3.05) is 18.8 Å². The Morgan fingerprint density at radius 3 is 2.93 bits per heavy atom. The van der Waals surface area contributed by atoms with E-state index in [1.807, 2.05) is 24.3 Å². The van der Waals surface area contributed by atoms with Gasteiger partial charge in [-0.2, -0.15) is 4.98 Å². The number of para-hydroxylation sites is 1. The molecule has 0 radical (unpaired) electrons. The van der Waals surface area contributed by atoms with Gasteiger partial charge in [0.25, 0.3) is 5.56 Å². The third-order valence-electron chi connectivity index (χ3n) is 4.68. The zero-order valence-electron chi connectivity index (χ0n) is 15.1. The van der Waals surface area contributed by atoms with Crippen LogP contribution in [0.3, 0.4) is 0 Å². The Kier molecular flexibility index (Phi) is 4.64. The van der Waals surface area contributed by atoms with Gasteiger partial charge in [-0.05, 0) is 24.3 Å². The van der Waals surface area contributed by atoms with Crippen molar-refractivity contribution in [3.63, 3.8) is 0 Å². The van der Waals surface area contributed by atoms with Gasteiger partial charge in [-0.15, -0.1) is 11.3 Å². The number of nitrogens with one attached hydrogen (secondary N) is 1. The van der Waals surface area contributed by atoms with Gasteiger partial charge in [0.2, 0.25) is 17.6 Å². The number of amides is 1. The maximum atomic E-state index is 12.4. The zero-order chi connectivity index (χ0) is 19.8. The van der Waals surface area contributed by atoms with Crippen molar-refractivity contribution in [1.29, 1.82) is 0 Å². The maximum Gasteiger partial charge on any atom is 0.259 e. The number of fused-ring (bicyclic) bond motifs is 1. The predicted molar refractivity (Wildman–Crippen MR) is 110 cm³/mol. The van der Waals surface area contributed by atoms with Gasteiger partial charge in [-0.25, -0.2) is 4.98 Å². The summed E-state index contributed by atoms with van der Waals surface area (Å²) in [5.74, 6) is 1.12. The van der Waals surface area contributed by atoms with Crippen LogP contribution >= 0.6 is 23.1 Å². The van der Waals surface area contributed by atoms with E-state index in [-0.39, 0.29) is 23.2 Å². The molecule has 1 saturated heterocycles. The molecule has 1 N–H and O–H groups in total. The fourth-order valence-corrected chi connectivity index (χ4v) is 5.05. The van der Waals surface area contributed by atoms with Crippen LogP contribution in [-0.2, 0) is 4.79 Å². The standard InChI is InChI=1S/C19H15N5O3S2/c25-15(10-28-19-21-13-5-1-2-6-14(13)29-19)24-8-11(9-24)18-22-16(23-27-18)12-4-3-7-20-17(12)26/h1-7,11H,8-10H2,(H,20,26). The smallest absolute Gasteiger partial charge is 0.259 e. The topological polar surface area (TPSA) is 105 Å². The lowest BCUT2D eigenvalue weighted by Crippen LogP contribution is -2.49. The van der Waals surface area contributed by atoms with Crippen molar-refractivity contribution >= 4 is 39.2 Å². The van der Waals surface area contributed by atoms with E-state index >= 15 is 0 Å². The molecule has 1 amide bonds. The Morgan fingerprint density at radius 1 is 1.24 bits per heavy atom. The van der Waals surface area contributed by atoms with Gasteiger partial charge in [0.1, 0.15) is 0 Å². The summed E-state index contributed by atoms with van der Waals surface area (Å²) in [4.78, 5) is 37.5. The molecule has 1 aliphatic heterocycles. The van der Waals surface area contributed by atoms with Crippen molar-refractivity contribution in [2.45, 2.75) is 10.3 Å². The summed E-state index contributed by atoms with van der Waals surface area (Å²) in [6.07, 6.45) is 1.55. The molecule has 5 rings (SSSR count). The monoisotopic (exact) mass is 425 g/mol. The highest BCUT2D eigenvalue weighted by atomic mass is 32.2. The van der Waals surface area contributed by atoms with E-state index in [9.17, 15) is 9.59 Å². The SMILES string of the molecule is O=C(CSc1nc2ccccc2s1)N1CC(c2nc(-c3ccc[nH]c3=O)no2)C1. The minimum Gasteiger partial charge on any atom is -0.340 e. The fraction of sp³-hybridized carbons (Fsp3) is 0.211. The minimum absolute atomic E-state index is 0.00422. The third-order valence-corrected chi connectivity index (χ3v) is 6.84. The van der Waals surface area contributed by atoms with E-state index in [4.69, 9.17) is 4.52 Å². The molecular weight excluding hydrogens is 410 g/mol. The summed E-state index contributed by atoms with van der Waals surface area (Å²) < 4.78 is 7.32. The fourth-order valence-electron chi connectivity index (χ4n) is 3.07. The first-order valence-corrected chi connectivity index (χ1v) is 10.8. The molecule has 3 aromatic heterocycles. The number of aromatic amines is 1. The molecular formula is C19H15N5O3S2. The molecule has 0 saturated carbocycles. The number of hydrogen-bond acceptors (Lipinski definition) is 8. The van der Waals surface area contributed by atoms with Crippen LogP contribution in [0, 0.1) is 0 Å². The molecule has 0 bridgehead atoms. The lowest BCUT2D eigenvalue weighted by atomic mass is 10.0. The van der Waals surface area contributed by atoms with Crippen molar-refractivity contribution in [3.8, 4) is 11.4 Å². The van der Waals surface area contributed by atoms with Crippen LogP contribution in [0.5, 0.6) is 0 Å². The van der Waals surface area contributed by atoms with Crippen molar-refractivity contribution in [2.24, 2.45) is 0 Å². The van der Waals surface area contributed by atoms with E-state index in [1.54, 1.807) is 34.6 Å². The molecule has 0 aliphatic carbocycles. The van der Waals surface area contributed by atoms with E-state index in [1.165, 1.54) is 11.8 Å². The molecule has 0 atom stereocenters. The number of benzene rings is 1. The quantitative estimate of drug-likeness (QED) is 0.490. The second-order valence-corrected chi connectivity index (χ2v) is 8.85. The van der Waals surface area contributed by atoms with E-state index in [0.717, 1.165) is 14.6 Å². The number of rotatable bonds is 5. The molecule has 29 heavy (non-hydrogen) atoms. The summed E-state index contributed by atoms with van der Waals surface area (Å²) >= 11 is 3.05. The summed E-state index contributed by atoms with van der Waals surface area (Å²) in [6, 6.07) is 11.3. The lowest BCUT2D eigenvalue weighted by Gasteiger charge is -2.36. The Hall–Kier alpha value is -2.98. The van der Waals surface area contributed by atoms with Gasteiger partial charge < -0.3 is 14.4 Å². The van der Waals surface area contributed by atoms with Gasteiger partial charge in [0.05, 0.1) is 27.5 Å². The number of hydrogen-bond donors (Lipinski definition) is 1. The van der Waals surface area contributed by atoms with Crippen molar-refractivity contribution in [3.05, 3.63) is 58.8 Å². The summed E-state index contributed by atoms with van der Waals surface area (Å²) in [5.41, 5.74) is 1.06. The number of carbonyl (C=O) groups is 1. The summed E-state index contributed by atoms with van der Waals surface area (Å²) in [5, 5.41) is 3.90. The summed E-state index contributed by atoms with van der Waals surface area (Å²) in [6.45, 7) is 1.07. The lowest BCUT2D eigenvalue weighted by molar-refractivity contribution is -0.133. The Bertz CT molecular complexity index is 1210. The second-order valence-electron chi connectivity index (χ2n) is 6.60. The normalized spacial score (nSPS) is 14.3. The molecule has 8 nitrogen and oxygen atoms in total. The third kappa shape index (κ3) is 3.56. The predicted octanol–water partition coefficient (Wildman–Crippen LogP) is 2.75. The average molecular weight is 425 g/mol. The maximum absolute atomic E-state index is 12.4. The van der Waals surface area contributed by atoms with Crippen LogP contribution in [0.4, 0.5) is 0 Å². The molecule has 10 heteroatoms.